The molecule has 100 valence electrons. The van der Waals surface area contributed by atoms with E-state index < -0.39 is 0 Å². The normalized spacial score (nSPS) is 10.2. The third-order valence-corrected chi connectivity index (χ3v) is 3.45. The molecule has 0 bridgehead atoms. The SMILES string of the molecule is CN(CCOc1ccc(F)cc1)C(=O)c1cccs1. The third-order valence-electron chi connectivity index (χ3n) is 2.59. The van der Waals surface area contributed by atoms with Crippen molar-refractivity contribution in [2.24, 2.45) is 0 Å². The molecule has 0 fully saturated rings. The molecule has 0 N–H and O–H groups in total. The van der Waals surface area contributed by atoms with Crippen LogP contribution in [0.4, 0.5) is 4.39 Å². The predicted octanol–water partition coefficient (Wildman–Crippen LogP) is 3.04. The van der Waals surface area contributed by atoms with Gasteiger partial charge in [-0.05, 0) is 35.7 Å². The van der Waals surface area contributed by atoms with Crippen molar-refractivity contribution in [1.82, 2.24) is 4.90 Å². The molecule has 5 heteroatoms. The highest BCUT2D eigenvalue weighted by Gasteiger charge is 2.11. The summed E-state index contributed by atoms with van der Waals surface area (Å²) in [6.45, 7) is 0.855. The molecule has 1 aromatic carbocycles. The van der Waals surface area contributed by atoms with E-state index in [-0.39, 0.29) is 11.7 Å². The lowest BCUT2D eigenvalue weighted by Crippen LogP contribution is -2.30. The van der Waals surface area contributed by atoms with Crippen LogP contribution in [0.15, 0.2) is 41.8 Å². The van der Waals surface area contributed by atoms with Crippen LogP contribution in [0.1, 0.15) is 9.67 Å². The number of nitrogens with zero attached hydrogens (tertiary/aromatic N) is 1. The quantitative estimate of drug-likeness (QED) is 0.842. The molecule has 2 aromatic rings. The van der Waals surface area contributed by atoms with Crippen molar-refractivity contribution >= 4 is 17.2 Å². The number of amides is 1. The second kappa shape index (κ2) is 6.33. The minimum Gasteiger partial charge on any atom is -0.492 e. The van der Waals surface area contributed by atoms with Gasteiger partial charge in [-0.2, -0.15) is 0 Å². The Bertz CT molecular complexity index is 525. The number of ether oxygens (including phenoxy) is 1. The minimum absolute atomic E-state index is 0.0160. The molecule has 1 aromatic heterocycles. The Balaban J connectivity index is 1.79. The number of halogens is 1. The number of hydrogen-bond donors (Lipinski definition) is 0. The molecule has 0 unspecified atom stereocenters. The molecule has 0 aliphatic heterocycles. The summed E-state index contributed by atoms with van der Waals surface area (Å²) in [4.78, 5) is 14.2. The Labute approximate surface area is 115 Å². The average molecular weight is 279 g/mol. The summed E-state index contributed by atoms with van der Waals surface area (Å²) in [5.41, 5.74) is 0. The lowest BCUT2D eigenvalue weighted by molar-refractivity contribution is 0.0778. The lowest BCUT2D eigenvalue weighted by atomic mass is 10.3. The second-order valence-electron chi connectivity index (χ2n) is 4.01. The topological polar surface area (TPSA) is 29.5 Å². The van der Waals surface area contributed by atoms with E-state index in [0.717, 1.165) is 0 Å². The predicted molar refractivity (Wildman–Crippen MR) is 73.2 cm³/mol. The van der Waals surface area contributed by atoms with Crippen molar-refractivity contribution in [2.45, 2.75) is 0 Å². The molecule has 0 saturated heterocycles. The molecule has 2 rings (SSSR count). The molecule has 0 radical (unpaired) electrons. The molecular weight excluding hydrogens is 265 g/mol. The van der Waals surface area contributed by atoms with Gasteiger partial charge in [-0.25, -0.2) is 4.39 Å². The first-order valence-electron chi connectivity index (χ1n) is 5.84. The molecule has 1 heterocycles. The van der Waals surface area contributed by atoms with Crippen molar-refractivity contribution in [3.05, 3.63) is 52.5 Å². The molecule has 0 atom stereocenters. The fourth-order valence-electron chi connectivity index (χ4n) is 1.52. The zero-order chi connectivity index (χ0) is 13.7. The van der Waals surface area contributed by atoms with Gasteiger partial charge >= 0.3 is 0 Å². The summed E-state index contributed by atoms with van der Waals surface area (Å²) in [5.74, 6) is 0.286. The highest BCUT2D eigenvalue weighted by molar-refractivity contribution is 7.12. The monoisotopic (exact) mass is 279 g/mol. The van der Waals surface area contributed by atoms with Crippen molar-refractivity contribution in [2.75, 3.05) is 20.2 Å². The van der Waals surface area contributed by atoms with Crippen LogP contribution in [0.2, 0.25) is 0 Å². The molecule has 3 nitrogen and oxygen atoms in total. The van der Waals surface area contributed by atoms with Gasteiger partial charge in [0, 0.05) is 7.05 Å². The molecule has 1 amide bonds. The van der Waals surface area contributed by atoms with Crippen molar-refractivity contribution < 1.29 is 13.9 Å². The molecule has 19 heavy (non-hydrogen) atoms. The van der Waals surface area contributed by atoms with E-state index >= 15 is 0 Å². The zero-order valence-corrected chi connectivity index (χ0v) is 11.3. The zero-order valence-electron chi connectivity index (χ0n) is 10.5. The maximum Gasteiger partial charge on any atom is 0.263 e. The smallest absolute Gasteiger partial charge is 0.263 e. The number of carbonyl (C=O) groups is 1. The van der Waals surface area contributed by atoms with Crippen molar-refractivity contribution in [3.63, 3.8) is 0 Å². The van der Waals surface area contributed by atoms with Crippen molar-refractivity contribution in [1.29, 1.82) is 0 Å². The number of thiophene rings is 1. The number of likely N-dealkylation sites (N-methyl/N-ethyl adjacent to an activating group) is 1. The summed E-state index contributed by atoms with van der Waals surface area (Å²) in [7, 11) is 1.73. The van der Waals surface area contributed by atoms with E-state index in [1.165, 1.54) is 23.5 Å². The standard InChI is InChI=1S/C14H14FNO2S/c1-16(14(17)13-3-2-10-19-13)8-9-18-12-6-4-11(15)5-7-12/h2-7,10H,8-9H2,1H3. The molecule has 0 aliphatic carbocycles. The van der Waals surface area contributed by atoms with Gasteiger partial charge < -0.3 is 9.64 Å². The second-order valence-corrected chi connectivity index (χ2v) is 4.95. The molecule has 0 saturated carbocycles. The van der Waals surface area contributed by atoms with Crippen LogP contribution in [0.3, 0.4) is 0 Å². The first-order valence-corrected chi connectivity index (χ1v) is 6.72. The Morgan fingerprint density at radius 3 is 2.68 bits per heavy atom. The highest BCUT2D eigenvalue weighted by Crippen LogP contribution is 2.12. The number of rotatable bonds is 5. The maximum absolute atomic E-state index is 12.7. The largest absolute Gasteiger partial charge is 0.492 e. The van der Waals surface area contributed by atoms with Crippen molar-refractivity contribution in [3.8, 4) is 5.75 Å². The highest BCUT2D eigenvalue weighted by atomic mass is 32.1. The van der Waals surface area contributed by atoms with Crippen LogP contribution < -0.4 is 4.74 Å². The number of benzene rings is 1. The fourth-order valence-corrected chi connectivity index (χ4v) is 2.24. The van der Waals surface area contributed by atoms with Crippen LogP contribution in [0.25, 0.3) is 0 Å². The summed E-state index contributed by atoms with van der Waals surface area (Å²) < 4.78 is 18.1. The van der Waals surface area contributed by atoms with E-state index in [4.69, 9.17) is 4.74 Å². The lowest BCUT2D eigenvalue weighted by Gasteiger charge is -2.16. The van der Waals surface area contributed by atoms with Crippen LogP contribution >= 0.6 is 11.3 Å². The number of carbonyl (C=O) groups excluding carboxylic acids is 1. The van der Waals surface area contributed by atoms with Crippen LogP contribution in [0.5, 0.6) is 5.75 Å². The minimum atomic E-state index is -0.294. The fraction of sp³-hybridized carbons (Fsp3) is 0.214. The van der Waals surface area contributed by atoms with E-state index in [0.29, 0.717) is 23.8 Å². The first kappa shape index (κ1) is 13.5. The van der Waals surface area contributed by atoms with E-state index in [9.17, 15) is 9.18 Å². The Hall–Kier alpha value is -1.88. The van der Waals surface area contributed by atoms with E-state index in [1.54, 1.807) is 30.1 Å². The Morgan fingerprint density at radius 2 is 2.05 bits per heavy atom. The molecule has 0 aliphatic rings. The van der Waals surface area contributed by atoms with Gasteiger partial charge in [0.1, 0.15) is 18.2 Å². The van der Waals surface area contributed by atoms with Gasteiger partial charge in [-0.3, -0.25) is 4.79 Å². The van der Waals surface area contributed by atoms with Crippen LogP contribution in [0, 0.1) is 5.82 Å². The Morgan fingerprint density at radius 1 is 1.32 bits per heavy atom. The van der Waals surface area contributed by atoms with Gasteiger partial charge in [-0.1, -0.05) is 6.07 Å². The van der Waals surface area contributed by atoms with Crippen LogP contribution in [-0.4, -0.2) is 31.0 Å². The van der Waals surface area contributed by atoms with Gasteiger partial charge in [-0.15, -0.1) is 11.3 Å². The Kier molecular flexibility index (Phi) is 4.52. The molecular formula is C14H14FNO2S. The third kappa shape index (κ3) is 3.79. The van der Waals surface area contributed by atoms with E-state index in [1.807, 2.05) is 11.4 Å². The van der Waals surface area contributed by atoms with Crippen LogP contribution in [-0.2, 0) is 0 Å². The van der Waals surface area contributed by atoms with Gasteiger partial charge in [0.25, 0.3) is 5.91 Å². The van der Waals surface area contributed by atoms with Gasteiger partial charge in [0.15, 0.2) is 0 Å². The summed E-state index contributed by atoms with van der Waals surface area (Å²) in [5, 5.41) is 1.87. The number of hydrogen-bond acceptors (Lipinski definition) is 3. The average Bonchev–Trinajstić information content (AvgIpc) is 2.94. The summed E-state index contributed by atoms with van der Waals surface area (Å²) >= 11 is 1.42. The van der Waals surface area contributed by atoms with Gasteiger partial charge in [0.05, 0.1) is 11.4 Å². The maximum atomic E-state index is 12.7. The van der Waals surface area contributed by atoms with E-state index in [2.05, 4.69) is 0 Å². The first-order chi connectivity index (χ1) is 9.16. The van der Waals surface area contributed by atoms with Gasteiger partial charge in [0.2, 0.25) is 0 Å². The summed E-state index contributed by atoms with van der Waals surface area (Å²) in [6, 6.07) is 9.46. The molecule has 0 spiro atoms. The summed E-state index contributed by atoms with van der Waals surface area (Å²) in [6.07, 6.45) is 0.